The fraction of sp³-hybridized carbons (Fsp3) is 0.556. The molecular weight excluding hydrogens is 308 g/mol. The molecule has 1 aliphatic rings. The standard InChI is InChI=1S/C18H26N2O4/c1-3-23-18(22)13-19-8-5-9-20(11-10-19)17(21)14-24-16-7-4-6-15(2)12-16/h4,6-7,12H,3,5,8-11,13-14H2,1-2H3. The number of esters is 1. The van der Waals surface area contributed by atoms with Gasteiger partial charge >= 0.3 is 5.97 Å². The van der Waals surface area contributed by atoms with Crippen molar-refractivity contribution in [3.8, 4) is 5.75 Å². The Morgan fingerprint density at radius 2 is 2.00 bits per heavy atom. The van der Waals surface area contributed by atoms with Gasteiger partial charge in [-0.1, -0.05) is 12.1 Å². The van der Waals surface area contributed by atoms with Gasteiger partial charge in [0.25, 0.3) is 5.91 Å². The fourth-order valence-corrected chi connectivity index (χ4v) is 2.71. The number of aryl methyl sites for hydroxylation is 1. The third kappa shape index (κ3) is 5.85. The van der Waals surface area contributed by atoms with E-state index in [9.17, 15) is 9.59 Å². The Labute approximate surface area is 143 Å². The van der Waals surface area contributed by atoms with Crippen molar-refractivity contribution in [2.24, 2.45) is 0 Å². The molecule has 1 amide bonds. The average molecular weight is 334 g/mol. The van der Waals surface area contributed by atoms with E-state index < -0.39 is 0 Å². The van der Waals surface area contributed by atoms with Crippen LogP contribution >= 0.6 is 0 Å². The molecule has 1 aromatic rings. The van der Waals surface area contributed by atoms with Crippen LogP contribution in [0.15, 0.2) is 24.3 Å². The first-order valence-corrected chi connectivity index (χ1v) is 8.43. The second-order valence-electron chi connectivity index (χ2n) is 5.92. The molecule has 1 aliphatic heterocycles. The highest BCUT2D eigenvalue weighted by atomic mass is 16.5. The largest absolute Gasteiger partial charge is 0.484 e. The third-order valence-electron chi connectivity index (χ3n) is 3.95. The normalized spacial score (nSPS) is 15.7. The lowest BCUT2D eigenvalue weighted by molar-refractivity contribution is -0.144. The predicted molar refractivity (Wildman–Crippen MR) is 90.9 cm³/mol. The summed E-state index contributed by atoms with van der Waals surface area (Å²) in [5.74, 6) is 0.483. The highest BCUT2D eigenvalue weighted by Gasteiger charge is 2.21. The number of carbonyl (C=O) groups is 2. The van der Waals surface area contributed by atoms with Gasteiger partial charge in [-0.2, -0.15) is 0 Å². The van der Waals surface area contributed by atoms with Crippen LogP contribution in [0, 0.1) is 6.92 Å². The summed E-state index contributed by atoms with van der Waals surface area (Å²) in [5, 5.41) is 0. The number of nitrogens with zero attached hydrogens (tertiary/aromatic N) is 2. The molecule has 0 aliphatic carbocycles. The number of carbonyl (C=O) groups excluding carboxylic acids is 2. The molecule has 1 saturated heterocycles. The van der Waals surface area contributed by atoms with E-state index in [4.69, 9.17) is 9.47 Å². The van der Waals surface area contributed by atoms with Crippen LogP contribution in [0.4, 0.5) is 0 Å². The van der Waals surface area contributed by atoms with E-state index in [0.717, 1.165) is 18.5 Å². The SMILES string of the molecule is CCOC(=O)CN1CCCN(C(=O)COc2cccc(C)c2)CC1. The Morgan fingerprint density at radius 3 is 2.75 bits per heavy atom. The molecule has 0 atom stereocenters. The first kappa shape index (κ1) is 18.3. The lowest BCUT2D eigenvalue weighted by Gasteiger charge is -2.21. The Morgan fingerprint density at radius 1 is 1.17 bits per heavy atom. The summed E-state index contributed by atoms with van der Waals surface area (Å²) >= 11 is 0. The van der Waals surface area contributed by atoms with Crippen LogP contribution in [-0.2, 0) is 14.3 Å². The van der Waals surface area contributed by atoms with E-state index in [1.165, 1.54) is 0 Å². The lowest BCUT2D eigenvalue weighted by Crippen LogP contribution is -2.39. The number of hydrogen-bond acceptors (Lipinski definition) is 5. The zero-order chi connectivity index (χ0) is 17.4. The second kappa shape index (κ2) is 9.27. The zero-order valence-corrected chi connectivity index (χ0v) is 14.5. The Kier molecular flexibility index (Phi) is 7.06. The van der Waals surface area contributed by atoms with E-state index in [1.54, 1.807) is 11.8 Å². The smallest absolute Gasteiger partial charge is 0.320 e. The Balaban J connectivity index is 1.78. The van der Waals surface area contributed by atoms with Crippen molar-refractivity contribution in [3.63, 3.8) is 0 Å². The highest BCUT2D eigenvalue weighted by Crippen LogP contribution is 2.12. The van der Waals surface area contributed by atoms with Crippen molar-refractivity contribution in [1.82, 2.24) is 9.80 Å². The fourth-order valence-electron chi connectivity index (χ4n) is 2.71. The van der Waals surface area contributed by atoms with Crippen LogP contribution in [0.3, 0.4) is 0 Å². The second-order valence-corrected chi connectivity index (χ2v) is 5.92. The van der Waals surface area contributed by atoms with Crippen LogP contribution in [-0.4, -0.2) is 67.6 Å². The van der Waals surface area contributed by atoms with Crippen LogP contribution < -0.4 is 4.74 Å². The van der Waals surface area contributed by atoms with Crippen molar-refractivity contribution < 1.29 is 19.1 Å². The minimum atomic E-state index is -0.208. The molecule has 0 bridgehead atoms. The maximum Gasteiger partial charge on any atom is 0.320 e. The third-order valence-corrected chi connectivity index (χ3v) is 3.95. The highest BCUT2D eigenvalue weighted by molar-refractivity contribution is 5.77. The predicted octanol–water partition coefficient (Wildman–Crippen LogP) is 1.47. The molecule has 1 aromatic carbocycles. The van der Waals surface area contributed by atoms with Crippen LogP contribution in [0.1, 0.15) is 18.9 Å². The summed E-state index contributed by atoms with van der Waals surface area (Å²) < 4.78 is 10.6. The number of rotatable bonds is 6. The van der Waals surface area contributed by atoms with Gasteiger partial charge in [0.2, 0.25) is 0 Å². The molecule has 1 fully saturated rings. The van der Waals surface area contributed by atoms with Crippen molar-refractivity contribution in [3.05, 3.63) is 29.8 Å². The number of benzene rings is 1. The van der Waals surface area contributed by atoms with Gasteiger partial charge in [0.15, 0.2) is 6.61 Å². The van der Waals surface area contributed by atoms with Gasteiger partial charge in [-0.05, 0) is 38.0 Å². The van der Waals surface area contributed by atoms with Gasteiger partial charge in [0.1, 0.15) is 5.75 Å². The van der Waals surface area contributed by atoms with Crippen molar-refractivity contribution in [2.75, 3.05) is 45.9 Å². The summed E-state index contributed by atoms with van der Waals surface area (Å²) in [6.07, 6.45) is 0.843. The topological polar surface area (TPSA) is 59.1 Å². The molecule has 0 radical (unpaired) electrons. The monoisotopic (exact) mass is 334 g/mol. The molecule has 1 heterocycles. The van der Waals surface area contributed by atoms with Gasteiger partial charge in [-0.15, -0.1) is 0 Å². The maximum atomic E-state index is 12.3. The molecule has 132 valence electrons. The first-order chi connectivity index (χ1) is 11.6. The molecule has 6 heteroatoms. The summed E-state index contributed by atoms with van der Waals surface area (Å²) in [6.45, 7) is 7.28. The summed E-state index contributed by atoms with van der Waals surface area (Å²) in [7, 11) is 0. The van der Waals surface area contributed by atoms with E-state index in [1.807, 2.05) is 36.1 Å². The Bertz CT molecular complexity index is 562. The molecule has 6 nitrogen and oxygen atoms in total. The van der Waals surface area contributed by atoms with E-state index in [0.29, 0.717) is 32.0 Å². The van der Waals surface area contributed by atoms with Gasteiger partial charge < -0.3 is 14.4 Å². The lowest BCUT2D eigenvalue weighted by atomic mass is 10.2. The molecule has 0 spiro atoms. The first-order valence-electron chi connectivity index (χ1n) is 8.43. The van der Waals surface area contributed by atoms with E-state index in [2.05, 4.69) is 0 Å². The van der Waals surface area contributed by atoms with Crippen molar-refractivity contribution in [1.29, 1.82) is 0 Å². The summed E-state index contributed by atoms with van der Waals surface area (Å²) in [5.41, 5.74) is 1.10. The number of ether oxygens (including phenoxy) is 2. The minimum absolute atomic E-state index is 0.0190. The molecular formula is C18H26N2O4. The molecule has 0 N–H and O–H groups in total. The van der Waals surface area contributed by atoms with Gasteiger partial charge in [-0.25, -0.2) is 0 Å². The maximum absolute atomic E-state index is 12.3. The van der Waals surface area contributed by atoms with Crippen molar-refractivity contribution >= 4 is 11.9 Å². The number of amides is 1. The Hall–Kier alpha value is -2.08. The average Bonchev–Trinajstić information content (AvgIpc) is 2.78. The van der Waals surface area contributed by atoms with Crippen LogP contribution in [0.25, 0.3) is 0 Å². The van der Waals surface area contributed by atoms with Crippen LogP contribution in [0.2, 0.25) is 0 Å². The van der Waals surface area contributed by atoms with Crippen molar-refractivity contribution in [2.45, 2.75) is 20.3 Å². The summed E-state index contributed by atoms with van der Waals surface area (Å²) in [6, 6.07) is 7.66. The molecule has 24 heavy (non-hydrogen) atoms. The van der Waals surface area contributed by atoms with Gasteiger partial charge in [0, 0.05) is 26.2 Å². The molecule has 0 unspecified atom stereocenters. The van der Waals surface area contributed by atoms with Gasteiger partial charge in [-0.3, -0.25) is 14.5 Å². The van der Waals surface area contributed by atoms with Gasteiger partial charge in [0.05, 0.1) is 13.2 Å². The van der Waals surface area contributed by atoms with Crippen LogP contribution in [0.5, 0.6) is 5.75 Å². The quantitative estimate of drug-likeness (QED) is 0.738. The number of hydrogen-bond donors (Lipinski definition) is 0. The zero-order valence-electron chi connectivity index (χ0n) is 14.5. The molecule has 0 saturated carbocycles. The van der Waals surface area contributed by atoms with E-state index >= 15 is 0 Å². The van der Waals surface area contributed by atoms with E-state index in [-0.39, 0.29) is 25.0 Å². The minimum Gasteiger partial charge on any atom is -0.484 e. The molecule has 2 rings (SSSR count). The summed E-state index contributed by atoms with van der Waals surface area (Å²) in [4.78, 5) is 27.7. The molecule has 0 aromatic heterocycles.